The number of aromatic nitrogens is 2. The van der Waals surface area contributed by atoms with Crippen molar-refractivity contribution in [3.8, 4) is 11.3 Å². The fourth-order valence-electron chi connectivity index (χ4n) is 2.06. The average molecular weight is 308 g/mol. The Labute approximate surface area is 116 Å². The van der Waals surface area contributed by atoms with Crippen molar-refractivity contribution in [1.82, 2.24) is 9.55 Å². The summed E-state index contributed by atoms with van der Waals surface area (Å²) in [4.78, 5) is 4.22. The van der Waals surface area contributed by atoms with Crippen molar-refractivity contribution in [1.29, 1.82) is 0 Å². The van der Waals surface area contributed by atoms with Crippen LogP contribution < -0.4 is 5.73 Å². The van der Waals surface area contributed by atoms with E-state index in [2.05, 4.69) is 59.0 Å². The molecule has 4 heteroatoms. The predicted octanol–water partition coefficient (Wildman–Crippen LogP) is 3.63. The first kappa shape index (κ1) is 13.1. The third kappa shape index (κ3) is 2.58. The molecular weight excluding hydrogens is 290 g/mol. The predicted molar refractivity (Wildman–Crippen MR) is 79.3 cm³/mol. The molecule has 1 aromatic heterocycles. The summed E-state index contributed by atoms with van der Waals surface area (Å²) >= 11 is 3.45. The molecule has 0 atom stereocenters. The third-order valence-electron chi connectivity index (χ3n) is 2.96. The number of rotatable bonds is 3. The summed E-state index contributed by atoms with van der Waals surface area (Å²) in [5.41, 5.74) is 9.30. The van der Waals surface area contributed by atoms with Gasteiger partial charge >= 0.3 is 0 Å². The molecule has 1 aromatic carbocycles. The number of anilines is 1. The van der Waals surface area contributed by atoms with Crippen LogP contribution in [0.3, 0.4) is 0 Å². The first-order chi connectivity index (χ1) is 8.49. The normalized spacial score (nSPS) is 11.2. The molecule has 0 saturated carbocycles. The van der Waals surface area contributed by atoms with E-state index in [1.807, 2.05) is 11.6 Å². The van der Waals surface area contributed by atoms with Crippen LogP contribution in [0.2, 0.25) is 0 Å². The summed E-state index contributed by atoms with van der Waals surface area (Å²) in [5.74, 6) is 1.19. The number of hydrogen-bond acceptors (Lipinski definition) is 2. The first-order valence-corrected chi connectivity index (χ1v) is 6.85. The average Bonchev–Trinajstić information content (AvgIpc) is 2.54. The van der Waals surface area contributed by atoms with Crippen molar-refractivity contribution >= 4 is 21.9 Å². The Morgan fingerprint density at radius 2 is 1.89 bits per heavy atom. The van der Waals surface area contributed by atoms with Gasteiger partial charge in [-0.2, -0.15) is 0 Å². The minimum atomic E-state index is 0.517. The zero-order chi connectivity index (χ0) is 13.3. The zero-order valence-corrected chi connectivity index (χ0v) is 12.5. The van der Waals surface area contributed by atoms with Gasteiger partial charge in [0, 0.05) is 12.6 Å². The number of nitrogens with zero attached hydrogens (tertiary/aromatic N) is 2. The molecule has 0 aliphatic rings. The molecule has 2 aromatic rings. The summed E-state index contributed by atoms with van der Waals surface area (Å²) in [6.45, 7) is 4.46. The molecule has 0 aliphatic heterocycles. The fraction of sp³-hybridized carbons (Fsp3) is 0.357. The van der Waals surface area contributed by atoms with E-state index in [9.17, 15) is 0 Å². The lowest BCUT2D eigenvalue weighted by molar-refractivity contribution is 0.647. The van der Waals surface area contributed by atoms with Gasteiger partial charge in [-0.1, -0.05) is 38.1 Å². The molecule has 2 rings (SSSR count). The summed E-state index contributed by atoms with van der Waals surface area (Å²) in [6, 6.07) is 8.59. The van der Waals surface area contributed by atoms with E-state index in [0.29, 0.717) is 11.9 Å². The van der Waals surface area contributed by atoms with Crippen molar-refractivity contribution in [2.24, 2.45) is 13.0 Å². The van der Waals surface area contributed by atoms with E-state index in [0.717, 1.165) is 22.3 Å². The van der Waals surface area contributed by atoms with Crippen LogP contribution in [0.1, 0.15) is 19.4 Å². The Hall–Kier alpha value is -1.29. The van der Waals surface area contributed by atoms with Gasteiger partial charge in [0.05, 0.1) is 5.69 Å². The maximum absolute atomic E-state index is 5.80. The molecule has 3 nitrogen and oxygen atoms in total. The van der Waals surface area contributed by atoms with Crippen molar-refractivity contribution in [3.05, 3.63) is 34.4 Å². The Kier molecular flexibility index (Phi) is 3.76. The van der Waals surface area contributed by atoms with Crippen molar-refractivity contribution < 1.29 is 0 Å². The van der Waals surface area contributed by atoms with E-state index >= 15 is 0 Å². The molecule has 96 valence electrons. The summed E-state index contributed by atoms with van der Waals surface area (Å²) < 4.78 is 2.68. The van der Waals surface area contributed by atoms with Crippen molar-refractivity contribution in [3.63, 3.8) is 0 Å². The summed E-state index contributed by atoms with van der Waals surface area (Å²) in [7, 11) is 1.92. The highest BCUT2D eigenvalue weighted by molar-refractivity contribution is 9.10. The summed E-state index contributed by atoms with van der Waals surface area (Å²) in [6.07, 6.45) is 1.11. The van der Waals surface area contributed by atoms with Crippen LogP contribution in [0, 0.1) is 5.92 Å². The van der Waals surface area contributed by atoms with Gasteiger partial charge in [-0.3, -0.25) is 0 Å². The molecule has 0 bridgehead atoms. The highest BCUT2D eigenvalue weighted by Crippen LogP contribution is 2.29. The molecule has 0 saturated heterocycles. The van der Waals surface area contributed by atoms with Crippen LogP contribution in [0.25, 0.3) is 11.3 Å². The Bertz CT molecular complexity index is 541. The first-order valence-electron chi connectivity index (χ1n) is 6.06. The monoisotopic (exact) mass is 307 g/mol. The number of nitrogen functional groups attached to an aromatic ring is 1. The maximum atomic E-state index is 5.80. The van der Waals surface area contributed by atoms with Gasteiger partial charge in [0.25, 0.3) is 0 Å². The molecule has 0 radical (unpaired) electrons. The highest BCUT2D eigenvalue weighted by Gasteiger charge is 2.12. The van der Waals surface area contributed by atoms with Gasteiger partial charge in [0.1, 0.15) is 4.60 Å². The van der Waals surface area contributed by atoms with Gasteiger partial charge in [0.15, 0.2) is 0 Å². The van der Waals surface area contributed by atoms with E-state index < -0.39 is 0 Å². The minimum absolute atomic E-state index is 0.517. The van der Waals surface area contributed by atoms with Crippen molar-refractivity contribution in [2.45, 2.75) is 20.3 Å². The number of imidazole rings is 1. The molecule has 0 aliphatic carbocycles. The van der Waals surface area contributed by atoms with Gasteiger partial charge in [-0.15, -0.1) is 0 Å². The number of hydrogen-bond donors (Lipinski definition) is 1. The molecular formula is C14H18BrN3. The van der Waals surface area contributed by atoms with Gasteiger partial charge < -0.3 is 10.3 Å². The third-order valence-corrected chi connectivity index (χ3v) is 3.51. The number of benzene rings is 1. The molecule has 1 heterocycles. The van der Waals surface area contributed by atoms with Crippen LogP contribution in [-0.4, -0.2) is 9.55 Å². The van der Waals surface area contributed by atoms with Crippen LogP contribution in [-0.2, 0) is 13.5 Å². The summed E-state index contributed by atoms with van der Waals surface area (Å²) in [5, 5.41) is 0. The SMILES string of the molecule is CC(C)Cc1ccc(-c2c(Br)nc(N)n2C)cc1. The van der Waals surface area contributed by atoms with Crippen LogP contribution in [0.15, 0.2) is 28.9 Å². The topological polar surface area (TPSA) is 43.8 Å². The van der Waals surface area contributed by atoms with Gasteiger partial charge in [-0.05, 0) is 33.8 Å². The molecule has 2 N–H and O–H groups in total. The largest absolute Gasteiger partial charge is 0.369 e. The second-order valence-corrected chi connectivity index (χ2v) is 5.71. The van der Waals surface area contributed by atoms with E-state index in [1.54, 1.807) is 0 Å². The van der Waals surface area contributed by atoms with Crippen LogP contribution >= 0.6 is 15.9 Å². The van der Waals surface area contributed by atoms with Crippen LogP contribution in [0.4, 0.5) is 5.95 Å². The number of halogens is 1. The van der Waals surface area contributed by atoms with E-state index in [1.165, 1.54) is 5.56 Å². The Morgan fingerprint density at radius 1 is 1.28 bits per heavy atom. The van der Waals surface area contributed by atoms with Crippen molar-refractivity contribution in [2.75, 3.05) is 5.73 Å². The zero-order valence-electron chi connectivity index (χ0n) is 10.9. The second-order valence-electron chi connectivity index (χ2n) is 4.96. The molecule has 0 amide bonds. The second kappa shape index (κ2) is 5.14. The lowest BCUT2D eigenvalue weighted by Gasteiger charge is -2.08. The van der Waals surface area contributed by atoms with E-state index in [-0.39, 0.29) is 0 Å². The molecule has 18 heavy (non-hydrogen) atoms. The lowest BCUT2D eigenvalue weighted by Crippen LogP contribution is -1.99. The van der Waals surface area contributed by atoms with E-state index in [4.69, 9.17) is 5.73 Å². The maximum Gasteiger partial charge on any atom is 0.201 e. The molecule has 0 fully saturated rings. The standard InChI is InChI=1S/C14H18BrN3/c1-9(2)8-10-4-6-11(7-5-10)12-13(15)17-14(16)18(12)3/h4-7,9H,8H2,1-3H3,(H2,16,17). The molecule has 0 spiro atoms. The smallest absolute Gasteiger partial charge is 0.201 e. The van der Waals surface area contributed by atoms with Gasteiger partial charge in [-0.25, -0.2) is 4.98 Å². The van der Waals surface area contributed by atoms with Crippen LogP contribution in [0.5, 0.6) is 0 Å². The number of nitrogens with two attached hydrogens (primary N) is 1. The quantitative estimate of drug-likeness (QED) is 0.941. The Morgan fingerprint density at radius 3 is 2.33 bits per heavy atom. The molecule has 0 unspecified atom stereocenters. The minimum Gasteiger partial charge on any atom is -0.369 e. The van der Waals surface area contributed by atoms with Gasteiger partial charge in [0.2, 0.25) is 5.95 Å². The highest BCUT2D eigenvalue weighted by atomic mass is 79.9. The fourth-order valence-corrected chi connectivity index (χ4v) is 2.74. The lowest BCUT2D eigenvalue weighted by atomic mass is 10.0. The Balaban J connectivity index is 2.34.